The third-order valence-corrected chi connectivity index (χ3v) is 1.54. The van der Waals surface area contributed by atoms with Crippen LogP contribution in [-0.2, 0) is 9.47 Å². The SMILES string of the molecule is CCC(O)OCCCOCC(C)C. The van der Waals surface area contributed by atoms with Crippen LogP contribution in [-0.4, -0.2) is 31.2 Å². The van der Waals surface area contributed by atoms with Crippen LogP contribution in [0.25, 0.3) is 0 Å². The van der Waals surface area contributed by atoms with Gasteiger partial charge in [-0.15, -0.1) is 0 Å². The zero-order chi connectivity index (χ0) is 10.1. The van der Waals surface area contributed by atoms with Crippen LogP contribution in [0.1, 0.15) is 33.6 Å². The summed E-state index contributed by atoms with van der Waals surface area (Å²) in [5.74, 6) is 0.585. The van der Waals surface area contributed by atoms with E-state index in [4.69, 9.17) is 14.6 Å². The Balaban J connectivity index is 2.99. The van der Waals surface area contributed by atoms with Gasteiger partial charge in [-0.25, -0.2) is 0 Å². The van der Waals surface area contributed by atoms with Crippen molar-refractivity contribution in [3.63, 3.8) is 0 Å². The highest BCUT2D eigenvalue weighted by atomic mass is 16.6. The maximum absolute atomic E-state index is 9.04. The van der Waals surface area contributed by atoms with Crippen molar-refractivity contribution in [1.29, 1.82) is 0 Å². The Morgan fingerprint density at radius 3 is 2.46 bits per heavy atom. The lowest BCUT2D eigenvalue weighted by Gasteiger charge is -2.10. The van der Waals surface area contributed by atoms with Crippen LogP contribution < -0.4 is 0 Å². The van der Waals surface area contributed by atoms with E-state index in [0.717, 1.165) is 13.0 Å². The summed E-state index contributed by atoms with van der Waals surface area (Å²) in [6.07, 6.45) is 0.890. The van der Waals surface area contributed by atoms with Crippen LogP contribution in [0.15, 0.2) is 0 Å². The number of aliphatic hydroxyl groups excluding tert-OH is 1. The van der Waals surface area contributed by atoms with Crippen molar-refractivity contribution < 1.29 is 14.6 Å². The highest BCUT2D eigenvalue weighted by molar-refractivity contribution is 4.41. The maximum atomic E-state index is 9.04. The number of hydrogen-bond donors (Lipinski definition) is 1. The number of hydrogen-bond acceptors (Lipinski definition) is 3. The average molecular weight is 190 g/mol. The van der Waals surface area contributed by atoms with Crippen molar-refractivity contribution in [2.24, 2.45) is 5.92 Å². The molecule has 0 aromatic carbocycles. The van der Waals surface area contributed by atoms with E-state index in [1.54, 1.807) is 0 Å². The standard InChI is InChI=1S/C10H22O3/c1-4-10(11)13-7-5-6-12-8-9(2)3/h9-11H,4-8H2,1-3H3. The Morgan fingerprint density at radius 1 is 1.23 bits per heavy atom. The van der Waals surface area contributed by atoms with Gasteiger partial charge in [0.25, 0.3) is 0 Å². The molecule has 1 atom stereocenters. The highest BCUT2D eigenvalue weighted by Gasteiger charge is 1.99. The van der Waals surface area contributed by atoms with E-state index in [1.807, 2.05) is 6.92 Å². The van der Waals surface area contributed by atoms with Crippen molar-refractivity contribution >= 4 is 0 Å². The molecule has 0 aliphatic carbocycles. The normalized spacial score (nSPS) is 13.6. The zero-order valence-electron chi connectivity index (χ0n) is 8.95. The summed E-state index contributed by atoms with van der Waals surface area (Å²) in [5.41, 5.74) is 0. The molecule has 13 heavy (non-hydrogen) atoms. The number of rotatable bonds is 8. The van der Waals surface area contributed by atoms with E-state index in [2.05, 4.69) is 13.8 Å². The molecule has 0 radical (unpaired) electrons. The Hall–Kier alpha value is -0.120. The second-order valence-electron chi connectivity index (χ2n) is 3.56. The first-order valence-corrected chi connectivity index (χ1v) is 5.04. The van der Waals surface area contributed by atoms with Gasteiger partial charge in [-0.3, -0.25) is 0 Å². The summed E-state index contributed by atoms with van der Waals surface area (Å²) >= 11 is 0. The molecule has 1 unspecified atom stereocenters. The topological polar surface area (TPSA) is 38.7 Å². The first kappa shape index (κ1) is 12.9. The molecule has 0 saturated carbocycles. The molecule has 0 amide bonds. The molecular weight excluding hydrogens is 168 g/mol. The largest absolute Gasteiger partial charge is 0.381 e. The zero-order valence-corrected chi connectivity index (χ0v) is 8.95. The summed E-state index contributed by atoms with van der Waals surface area (Å²) in [7, 11) is 0. The first-order valence-electron chi connectivity index (χ1n) is 5.04. The molecule has 0 bridgehead atoms. The van der Waals surface area contributed by atoms with Gasteiger partial charge < -0.3 is 14.6 Å². The van der Waals surface area contributed by atoms with E-state index in [0.29, 0.717) is 25.6 Å². The highest BCUT2D eigenvalue weighted by Crippen LogP contribution is 1.96. The monoisotopic (exact) mass is 190 g/mol. The molecule has 0 aromatic heterocycles. The lowest BCUT2D eigenvalue weighted by molar-refractivity contribution is -0.104. The second-order valence-corrected chi connectivity index (χ2v) is 3.56. The van der Waals surface area contributed by atoms with Gasteiger partial charge in [0.2, 0.25) is 0 Å². The Morgan fingerprint density at radius 2 is 1.92 bits per heavy atom. The van der Waals surface area contributed by atoms with Crippen LogP contribution in [0.2, 0.25) is 0 Å². The van der Waals surface area contributed by atoms with Gasteiger partial charge >= 0.3 is 0 Å². The van der Waals surface area contributed by atoms with Crippen molar-refractivity contribution in [3.05, 3.63) is 0 Å². The lowest BCUT2D eigenvalue weighted by Crippen LogP contribution is -2.13. The Kier molecular flexibility index (Phi) is 8.40. The predicted octanol–water partition coefficient (Wildman–Crippen LogP) is 1.79. The third kappa shape index (κ3) is 9.80. The lowest BCUT2D eigenvalue weighted by atomic mass is 10.2. The summed E-state index contributed by atoms with van der Waals surface area (Å²) in [5, 5.41) is 9.04. The summed E-state index contributed by atoms with van der Waals surface area (Å²) in [6, 6.07) is 0. The Bertz CT molecular complexity index is 104. The van der Waals surface area contributed by atoms with Crippen LogP contribution >= 0.6 is 0 Å². The molecular formula is C10H22O3. The molecule has 3 nitrogen and oxygen atoms in total. The summed E-state index contributed by atoms with van der Waals surface area (Å²) in [6.45, 7) is 8.23. The van der Waals surface area contributed by atoms with Crippen LogP contribution in [0, 0.1) is 5.92 Å². The quantitative estimate of drug-likeness (QED) is 0.468. The van der Waals surface area contributed by atoms with Crippen LogP contribution in [0.4, 0.5) is 0 Å². The number of ether oxygens (including phenoxy) is 2. The van der Waals surface area contributed by atoms with Crippen LogP contribution in [0.3, 0.4) is 0 Å². The fraction of sp³-hybridized carbons (Fsp3) is 1.00. The predicted molar refractivity (Wildman–Crippen MR) is 52.5 cm³/mol. The van der Waals surface area contributed by atoms with Crippen molar-refractivity contribution in [2.75, 3.05) is 19.8 Å². The molecule has 0 saturated heterocycles. The van der Waals surface area contributed by atoms with Crippen molar-refractivity contribution in [3.8, 4) is 0 Å². The van der Waals surface area contributed by atoms with Crippen molar-refractivity contribution in [1.82, 2.24) is 0 Å². The van der Waals surface area contributed by atoms with E-state index in [1.165, 1.54) is 0 Å². The average Bonchev–Trinajstić information content (AvgIpc) is 2.10. The van der Waals surface area contributed by atoms with Crippen molar-refractivity contribution in [2.45, 2.75) is 39.9 Å². The molecule has 80 valence electrons. The first-order chi connectivity index (χ1) is 6.16. The maximum Gasteiger partial charge on any atom is 0.154 e. The molecule has 0 fully saturated rings. The molecule has 0 heterocycles. The van der Waals surface area contributed by atoms with Gasteiger partial charge in [-0.2, -0.15) is 0 Å². The molecule has 0 aromatic rings. The minimum absolute atomic E-state index is 0.576. The molecule has 0 aliphatic heterocycles. The minimum atomic E-state index is -0.606. The van der Waals surface area contributed by atoms with Gasteiger partial charge in [0, 0.05) is 13.2 Å². The van der Waals surface area contributed by atoms with Gasteiger partial charge in [0.15, 0.2) is 6.29 Å². The molecule has 0 aliphatic rings. The van der Waals surface area contributed by atoms with E-state index in [9.17, 15) is 0 Å². The van der Waals surface area contributed by atoms with E-state index in [-0.39, 0.29) is 0 Å². The van der Waals surface area contributed by atoms with Gasteiger partial charge in [-0.1, -0.05) is 20.8 Å². The summed E-state index contributed by atoms with van der Waals surface area (Å²) < 4.78 is 10.4. The molecule has 3 heteroatoms. The Labute approximate surface area is 81.0 Å². The van der Waals surface area contributed by atoms with Crippen LogP contribution in [0.5, 0.6) is 0 Å². The summed E-state index contributed by atoms with van der Waals surface area (Å²) in [4.78, 5) is 0. The number of aliphatic hydroxyl groups is 1. The molecule has 0 spiro atoms. The molecule has 1 N–H and O–H groups in total. The van der Waals surface area contributed by atoms with Gasteiger partial charge in [0.1, 0.15) is 0 Å². The van der Waals surface area contributed by atoms with Gasteiger partial charge in [-0.05, 0) is 18.8 Å². The van der Waals surface area contributed by atoms with Gasteiger partial charge in [0.05, 0.1) is 6.61 Å². The fourth-order valence-electron chi connectivity index (χ4n) is 0.817. The second kappa shape index (κ2) is 8.48. The smallest absolute Gasteiger partial charge is 0.154 e. The third-order valence-electron chi connectivity index (χ3n) is 1.54. The minimum Gasteiger partial charge on any atom is -0.381 e. The fourth-order valence-corrected chi connectivity index (χ4v) is 0.817. The molecule has 0 rings (SSSR count). The van der Waals surface area contributed by atoms with E-state index >= 15 is 0 Å². The van der Waals surface area contributed by atoms with E-state index < -0.39 is 6.29 Å².